The van der Waals surface area contributed by atoms with Crippen LogP contribution in [0.4, 0.5) is 0 Å². The van der Waals surface area contributed by atoms with Crippen LogP contribution in [0.5, 0.6) is 0 Å². The molecule has 0 atom stereocenters. The van der Waals surface area contributed by atoms with Crippen molar-refractivity contribution in [2.45, 2.75) is 6.92 Å². The molecule has 0 saturated heterocycles. The lowest BCUT2D eigenvalue weighted by atomic mass is 10.1. The van der Waals surface area contributed by atoms with Gasteiger partial charge in [0.05, 0.1) is 5.69 Å². The summed E-state index contributed by atoms with van der Waals surface area (Å²) in [4.78, 5) is 16.2. The van der Waals surface area contributed by atoms with E-state index in [0.717, 1.165) is 15.7 Å². The molecule has 3 heteroatoms. The van der Waals surface area contributed by atoms with Crippen LogP contribution in [0.1, 0.15) is 21.6 Å². The van der Waals surface area contributed by atoms with E-state index < -0.39 is 0 Å². The largest absolute Gasteiger partial charge is 0.289 e. The Bertz CT molecular complexity index is 605. The second kappa shape index (κ2) is 5.74. The van der Waals surface area contributed by atoms with Crippen molar-refractivity contribution in [2.75, 3.05) is 0 Å². The molecule has 0 aliphatic rings. The lowest BCUT2D eigenvalue weighted by Crippen LogP contribution is -1.94. The molecular weight excluding hydrogens is 290 g/mol. The monoisotopic (exact) mass is 301 g/mol. The highest BCUT2D eigenvalue weighted by Crippen LogP contribution is 2.13. The summed E-state index contributed by atoms with van der Waals surface area (Å²) in [5.41, 5.74) is 2.53. The second-order valence-electron chi connectivity index (χ2n) is 3.91. The van der Waals surface area contributed by atoms with Gasteiger partial charge in [-0.2, -0.15) is 0 Å². The molecule has 0 amide bonds. The molecule has 2 rings (SSSR count). The third-order valence-electron chi connectivity index (χ3n) is 2.55. The number of rotatable bonds is 3. The first-order valence-electron chi connectivity index (χ1n) is 5.56. The van der Waals surface area contributed by atoms with E-state index in [0.29, 0.717) is 5.56 Å². The van der Waals surface area contributed by atoms with Crippen molar-refractivity contribution in [3.63, 3.8) is 0 Å². The number of hydrogen-bond acceptors (Lipinski definition) is 2. The molecule has 90 valence electrons. The Morgan fingerprint density at radius 2 is 2.11 bits per heavy atom. The van der Waals surface area contributed by atoms with Gasteiger partial charge in [0.2, 0.25) is 0 Å². The summed E-state index contributed by atoms with van der Waals surface area (Å²) >= 11 is 3.35. The number of aryl methyl sites for hydroxylation is 1. The molecule has 1 aromatic heterocycles. The van der Waals surface area contributed by atoms with Crippen LogP contribution >= 0.6 is 15.9 Å². The van der Waals surface area contributed by atoms with E-state index in [4.69, 9.17) is 0 Å². The lowest BCUT2D eigenvalue weighted by Gasteiger charge is -1.98. The first-order chi connectivity index (χ1) is 8.66. The number of nitrogens with zero attached hydrogens (tertiary/aromatic N) is 1. The zero-order chi connectivity index (χ0) is 13.0. The van der Waals surface area contributed by atoms with Crippen molar-refractivity contribution in [1.82, 2.24) is 4.98 Å². The van der Waals surface area contributed by atoms with E-state index in [1.54, 1.807) is 30.5 Å². The van der Waals surface area contributed by atoms with E-state index >= 15 is 0 Å². The van der Waals surface area contributed by atoms with Gasteiger partial charge in [-0.3, -0.25) is 9.78 Å². The zero-order valence-electron chi connectivity index (χ0n) is 9.93. The van der Waals surface area contributed by atoms with Crippen LogP contribution in [-0.4, -0.2) is 10.8 Å². The molecule has 1 heterocycles. The van der Waals surface area contributed by atoms with Crippen molar-refractivity contribution in [2.24, 2.45) is 0 Å². The number of benzene rings is 1. The van der Waals surface area contributed by atoms with Crippen molar-refractivity contribution in [3.05, 3.63) is 70.0 Å². The normalized spacial score (nSPS) is 10.8. The van der Waals surface area contributed by atoms with Crippen LogP contribution in [0.15, 0.2) is 53.1 Å². The summed E-state index contributed by atoms with van der Waals surface area (Å²) in [5, 5.41) is 0. The third kappa shape index (κ3) is 3.14. The van der Waals surface area contributed by atoms with Crippen LogP contribution < -0.4 is 0 Å². The molecule has 0 saturated carbocycles. The fraction of sp³-hybridized carbons (Fsp3) is 0.0667. The van der Waals surface area contributed by atoms with Gasteiger partial charge < -0.3 is 0 Å². The molecule has 0 radical (unpaired) electrons. The molecule has 0 N–H and O–H groups in total. The number of carbonyl (C=O) groups is 1. The zero-order valence-corrected chi connectivity index (χ0v) is 11.5. The number of ketones is 1. The third-order valence-corrected chi connectivity index (χ3v) is 3.04. The Labute approximate surface area is 115 Å². The summed E-state index contributed by atoms with van der Waals surface area (Å²) < 4.78 is 0.899. The number of aromatic nitrogens is 1. The highest BCUT2D eigenvalue weighted by Gasteiger charge is 2.02. The van der Waals surface area contributed by atoms with Gasteiger partial charge in [0, 0.05) is 16.2 Å². The number of pyridine rings is 1. The lowest BCUT2D eigenvalue weighted by molar-refractivity contribution is 0.104. The maximum atomic E-state index is 11.9. The van der Waals surface area contributed by atoms with Crippen molar-refractivity contribution >= 4 is 27.8 Å². The quantitative estimate of drug-likeness (QED) is 0.632. The Morgan fingerprint density at radius 3 is 2.83 bits per heavy atom. The van der Waals surface area contributed by atoms with E-state index in [1.807, 2.05) is 31.2 Å². The van der Waals surface area contributed by atoms with Crippen LogP contribution in [0.2, 0.25) is 0 Å². The minimum atomic E-state index is -0.0265. The molecule has 2 nitrogen and oxygen atoms in total. The molecule has 18 heavy (non-hydrogen) atoms. The van der Waals surface area contributed by atoms with Gasteiger partial charge >= 0.3 is 0 Å². The SMILES string of the molecule is Cc1cccnc1/C=C/C(=O)c1cccc(Br)c1. The summed E-state index contributed by atoms with van der Waals surface area (Å²) in [6.07, 6.45) is 5.02. The average Bonchev–Trinajstić information content (AvgIpc) is 2.37. The summed E-state index contributed by atoms with van der Waals surface area (Å²) in [5.74, 6) is -0.0265. The second-order valence-corrected chi connectivity index (χ2v) is 4.83. The van der Waals surface area contributed by atoms with Crippen LogP contribution in [0.25, 0.3) is 6.08 Å². The molecule has 1 aromatic carbocycles. The Morgan fingerprint density at radius 1 is 1.28 bits per heavy atom. The Kier molecular flexibility index (Phi) is 4.05. The maximum absolute atomic E-state index is 11.9. The highest BCUT2D eigenvalue weighted by molar-refractivity contribution is 9.10. The molecule has 2 aromatic rings. The molecule has 0 fully saturated rings. The summed E-state index contributed by atoms with van der Waals surface area (Å²) in [7, 11) is 0. The molecule has 0 spiro atoms. The first kappa shape index (κ1) is 12.7. The van der Waals surface area contributed by atoms with Gasteiger partial charge in [-0.05, 0) is 42.8 Å². The molecule has 0 aliphatic carbocycles. The average molecular weight is 302 g/mol. The number of hydrogen-bond donors (Lipinski definition) is 0. The fourth-order valence-corrected chi connectivity index (χ4v) is 1.96. The van der Waals surface area contributed by atoms with Gasteiger partial charge in [-0.15, -0.1) is 0 Å². The number of halogens is 1. The Balaban J connectivity index is 2.20. The van der Waals surface area contributed by atoms with Crippen molar-refractivity contribution < 1.29 is 4.79 Å². The standard InChI is InChI=1S/C15H12BrNO/c1-11-4-3-9-17-14(11)7-8-15(18)12-5-2-6-13(16)10-12/h2-10H,1H3/b8-7+. The van der Waals surface area contributed by atoms with Crippen LogP contribution in [0.3, 0.4) is 0 Å². The van der Waals surface area contributed by atoms with Crippen LogP contribution in [0, 0.1) is 6.92 Å². The molecule has 0 bridgehead atoms. The fourth-order valence-electron chi connectivity index (χ4n) is 1.56. The highest BCUT2D eigenvalue weighted by atomic mass is 79.9. The molecule has 0 aliphatic heterocycles. The summed E-state index contributed by atoms with van der Waals surface area (Å²) in [6, 6.07) is 11.2. The number of carbonyl (C=O) groups excluding carboxylic acids is 1. The maximum Gasteiger partial charge on any atom is 0.185 e. The van der Waals surface area contributed by atoms with Crippen LogP contribution in [-0.2, 0) is 0 Å². The van der Waals surface area contributed by atoms with E-state index in [2.05, 4.69) is 20.9 Å². The number of allylic oxidation sites excluding steroid dienone is 1. The minimum Gasteiger partial charge on any atom is -0.289 e. The predicted octanol–water partition coefficient (Wildman–Crippen LogP) is 4.05. The smallest absolute Gasteiger partial charge is 0.185 e. The predicted molar refractivity (Wildman–Crippen MR) is 76.5 cm³/mol. The Hall–Kier alpha value is -1.74. The first-order valence-corrected chi connectivity index (χ1v) is 6.36. The molecular formula is C15H12BrNO. The van der Waals surface area contributed by atoms with Gasteiger partial charge in [-0.1, -0.05) is 34.1 Å². The van der Waals surface area contributed by atoms with Crippen molar-refractivity contribution in [3.8, 4) is 0 Å². The summed E-state index contributed by atoms with van der Waals surface area (Å²) in [6.45, 7) is 1.97. The van der Waals surface area contributed by atoms with E-state index in [-0.39, 0.29) is 5.78 Å². The topological polar surface area (TPSA) is 30.0 Å². The van der Waals surface area contributed by atoms with E-state index in [1.165, 1.54) is 0 Å². The van der Waals surface area contributed by atoms with Gasteiger partial charge in [-0.25, -0.2) is 0 Å². The van der Waals surface area contributed by atoms with Gasteiger partial charge in [0.1, 0.15) is 0 Å². The van der Waals surface area contributed by atoms with Crippen molar-refractivity contribution in [1.29, 1.82) is 0 Å². The minimum absolute atomic E-state index is 0.0265. The van der Waals surface area contributed by atoms with Gasteiger partial charge in [0.15, 0.2) is 5.78 Å². The van der Waals surface area contributed by atoms with E-state index in [9.17, 15) is 4.79 Å². The molecule has 0 unspecified atom stereocenters. The van der Waals surface area contributed by atoms with Gasteiger partial charge in [0.25, 0.3) is 0 Å².